The molecule has 0 aliphatic carbocycles. The van der Waals surface area contributed by atoms with Crippen molar-refractivity contribution in [2.24, 2.45) is 5.92 Å². The smallest absolute Gasteiger partial charge is 0.330 e. The van der Waals surface area contributed by atoms with Gasteiger partial charge in [-0.25, -0.2) is 4.79 Å². The highest BCUT2D eigenvalue weighted by Gasteiger charge is 2.24. The van der Waals surface area contributed by atoms with E-state index < -0.39 is 11.2 Å². The molecule has 3 rings (SSSR count). The Labute approximate surface area is 202 Å². The van der Waals surface area contributed by atoms with Gasteiger partial charge in [-0.05, 0) is 36.5 Å². The normalized spacial score (nSPS) is 10.9. The maximum atomic E-state index is 13.2. The lowest BCUT2D eigenvalue weighted by atomic mass is 10.1. The molecule has 0 aliphatic heterocycles. The van der Waals surface area contributed by atoms with Crippen LogP contribution in [0.4, 0.5) is 11.5 Å². The van der Waals surface area contributed by atoms with Crippen LogP contribution >= 0.6 is 0 Å². The second-order valence-electron chi connectivity index (χ2n) is 8.63. The maximum absolute atomic E-state index is 13.2. The third-order valence-electron chi connectivity index (χ3n) is 5.50. The molecule has 35 heavy (non-hydrogen) atoms. The third-order valence-corrected chi connectivity index (χ3v) is 5.50. The average molecular weight is 482 g/mol. The number of nitrogen functional groups attached to an aromatic ring is 1. The van der Waals surface area contributed by atoms with Crippen molar-refractivity contribution in [1.29, 1.82) is 0 Å². The number of anilines is 2. The first-order valence-corrected chi connectivity index (χ1v) is 11.6. The lowest BCUT2D eigenvalue weighted by Crippen LogP contribution is -2.42. The summed E-state index contributed by atoms with van der Waals surface area (Å²) >= 11 is 0. The number of furan rings is 1. The first-order chi connectivity index (χ1) is 16.8. The molecule has 0 saturated heterocycles. The van der Waals surface area contributed by atoms with Crippen molar-refractivity contribution in [3.63, 3.8) is 0 Å². The number of rotatable bonds is 11. The zero-order valence-electron chi connectivity index (χ0n) is 20.0. The number of aromatic amines is 1. The minimum absolute atomic E-state index is 0.0363. The van der Waals surface area contributed by atoms with Crippen LogP contribution in [0.25, 0.3) is 0 Å². The van der Waals surface area contributed by atoms with E-state index in [9.17, 15) is 19.2 Å². The molecule has 0 unspecified atom stereocenters. The van der Waals surface area contributed by atoms with E-state index >= 15 is 0 Å². The van der Waals surface area contributed by atoms with Gasteiger partial charge in [-0.1, -0.05) is 44.2 Å². The van der Waals surface area contributed by atoms with Gasteiger partial charge in [-0.3, -0.25) is 23.9 Å². The number of nitrogens with one attached hydrogen (secondary N) is 2. The van der Waals surface area contributed by atoms with E-state index in [2.05, 4.69) is 10.3 Å². The quantitative estimate of drug-likeness (QED) is 0.359. The SMILES string of the molecule is CC(C)CCN(C(=O)CCCNC(=O)c1ccco1)c1c(N)n(Cc2ccccc2)c(=O)[nH]c1=O. The molecule has 186 valence electrons. The summed E-state index contributed by atoms with van der Waals surface area (Å²) in [4.78, 5) is 54.2. The maximum Gasteiger partial charge on any atom is 0.330 e. The predicted molar refractivity (Wildman–Crippen MR) is 133 cm³/mol. The van der Waals surface area contributed by atoms with E-state index in [4.69, 9.17) is 10.2 Å². The predicted octanol–water partition coefficient (Wildman–Crippen LogP) is 2.35. The van der Waals surface area contributed by atoms with Crippen molar-refractivity contribution in [2.45, 2.75) is 39.7 Å². The number of hydrogen-bond donors (Lipinski definition) is 3. The van der Waals surface area contributed by atoms with Crippen LogP contribution in [0.1, 0.15) is 49.2 Å². The number of nitrogens with two attached hydrogens (primary N) is 1. The van der Waals surface area contributed by atoms with Crippen LogP contribution in [0.5, 0.6) is 0 Å². The monoisotopic (exact) mass is 481 g/mol. The van der Waals surface area contributed by atoms with Gasteiger partial charge >= 0.3 is 5.69 Å². The number of amides is 2. The molecule has 2 amide bonds. The molecule has 2 heterocycles. The Hall–Kier alpha value is -4.08. The lowest BCUT2D eigenvalue weighted by molar-refractivity contribution is -0.118. The summed E-state index contributed by atoms with van der Waals surface area (Å²) in [5.74, 6) is -0.290. The van der Waals surface area contributed by atoms with Gasteiger partial charge in [0.2, 0.25) is 5.91 Å². The first kappa shape index (κ1) is 25.5. The van der Waals surface area contributed by atoms with E-state index in [0.717, 1.165) is 5.56 Å². The van der Waals surface area contributed by atoms with Crippen molar-refractivity contribution in [1.82, 2.24) is 14.9 Å². The molecule has 0 fully saturated rings. The standard InChI is InChI=1S/C25H31N5O5/c1-17(2)12-14-29(20(31)11-6-13-27-23(32)19-10-7-15-35-19)21-22(26)30(25(34)28-24(21)33)16-18-8-4-3-5-9-18/h3-5,7-10,15,17H,6,11-14,16,26H2,1-2H3,(H,27,32)(H,28,33,34). The Kier molecular flexibility index (Phi) is 8.66. The molecule has 0 spiro atoms. The number of aromatic nitrogens is 2. The molecule has 3 aromatic rings. The summed E-state index contributed by atoms with van der Waals surface area (Å²) in [5, 5.41) is 2.69. The molecular weight excluding hydrogens is 450 g/mol. The molecule has 10 heteroatoms. The zero-order chi connectivity index (χ0) is 25.4. The van der Waals surface area contributed by atoms with Gasteiger partial charge in [0.25, 0.3) is 11.5 Å². The largest absolute Gasteiger partial charge is 0.459 e. The molecule has 1 aromatic carbocycles. The minimum atomic E-state index is -0.708. The summed E-state index contributed by atoms with van der Waals surface area (Å²) in [5.41, 5.74) is 5.75. The Morgan fingerprint density at radius 3 is 2.54 bits per heavy atom. The Morgan fingerprint density at radius 2 is 1.89 bits per heavy atom. The van der Waals surface area contributed by atoms with Gasteiger partial charge in [0.05, 0.1) is 12.8 Å². The molecule has 0 atom stereocenters. The highest BCUT2D eigenvalue weighted by atomic mass is 16.3. The summed E-state index contributed by atoms with van der Waals surface area (Å²) in [6, 6.07) is 12.4. The van der Waals surface area contributed by atoms with Crippen LogP contribution in [-0.4, -0.2) is 34.5 Å². The van der Waals surface area contributed by atoms with Crippen molar-refractivity contribution in [3.05, 3.63) is 80.9 Å². The molecule has 4 N–H and O–H groups in total. The van der Waals surface area contributed by atoms with Crippen LogP contribution in [0.2, 0.25) is 0 Å². The molecule has 10 nitrogen and oxygen atoms in total. The molecule has 0 aliphatic rings. The Balaban J connectivity index is 1.79. The molecule has 0 bridgehead atoms. The van der Waals surface area contributed by atoms with E-state index in [1.165, 1.54) is 15.7 Å². The fourth-order valence-electron chi connectivity index (χ4n) is 3.58. The first-order valence-electron chi connectivity index (χ1n) is 11.6. The van der Waals surface area contributed by atoms with E-state index in [0.29, 0.717) is 12.8 Å². The van der Waals surface area contributed by atoms with Crippen LogP contribution in [-0.2, 0) is 11.3 Å². The summed E-state index contributed by atoms with van der Waals surface area (Å²) < 4.78 is 6.30. The summed E-state index contributed by atoms with van der Waals surface area (Å²) in [7, 11) is 0. The lowest BCUT2D eigenvalue weighted by Gasteiger charge is -2.25. The van der Waals surface area contributed by atoms with E-state index in [1.54, 1.807) is 12.1 Å². The summed E-state index contributed by atoms with van der Waals surface area (Å²) in [6.07, 6.45) is 2.47. The van der Waals surface area contributed by atoms with Gasteiger partial charge in [0.1, 0.15) is 5.82 Å². The van der Waals surface area contributed by atoms with E-state index in [1.807, 2.05) is 44.2 Å². The second-order valence-corrected chi connectivity index (χ2v) is 8.63. The molecule has 2 aromatic heterocycles. The number of H-pyrrole nitrogens is 1. The Morgan fingerprint density at radius 1 is 1.14 bits per heavy atom. The van der Waals surface area contributed by atoms with Crippen LogP contribution < -0.4 is 27.2 Å². The molecule has 0 radical (unpaired) electrons. The highest BCUT2D eigenvalue weighted by Crippen LogP contribution is 2.20. The van der Waals surface area contributed by atoms with Crippen LogP contribution in [0.3, 0.4) is 0 Å². The van der Waals surface area contributed by atoms with Gasteiger partial charge in [-0.2, -0.15) is 0 Å². The fraction of sp³-hybridized carbons (Fsp3) is 0.360. The van der Waals surface area contributed by atoms with Gasteiger partial charge in [0, 0.05) is 19.5 Å². The second kappa shape index (κ2) is 11.9. The number of carbonyl (C=O) groups excluding carboxylic acids is 2. The topological polar surface area (TPSA) is 143 Å². The minimum Gasteiger partial charge on any atom is -0.459 e. The van der Waals surface area contributed by atoms with Gasteiger partial charge in [-0.15, -0.1) is 0 Å². The van der Waals surface area contributed by atoms with Gasteiger partial charge < -0.3 is 20.4 Å². The van der Waals surface area contributed by atoms with Crippen molar-refractivity contribution in [2.75, 3.05) is 23.7 Å². The molecule has 0 saturated carbocycles. The van der Waals surface area contributed by atoms with Gasteiger partial charge in [0.15, 0.2) is 11.4 Å². The van der Waals surface area contributed by atoms with Crippen molar-refractivity contribution in [3.8, 4) is 0 Å². The third kappa shape index (κ3) is 6.72. The molecular formula is C25H31N5O5. The van der Waals surface area contributed by atoms with Crippen LogP contribution in [0, 0.1) is 5.92 Å². The van der Waals surface area contributed by atoms with Crippen molar-refractivity contribution < 1.29 is 14.0 Å². The Bertz CT molecular complexity index is 1250. The summed E-state index contributed by atoms with van der Waals surface area (Å²) in [6.45, 7) is 4.70. The fourth-order valence-corrected chi connectivity index (χ4v) is 3.58. The zero-order valence-corrected chi connectivity index (χ0v) is 20.0. The highest BCUT2D eigenvalue weighted by molar-refractivity contribution is 5.95. The van der Waals surface area contributed by atoms with E-state index in [-0.39, 0.29) is 61.1 Å². The average Bonchev–Trinajstić information content (AvgIpc) is 3.37. The number of nitrogens with zero attached hydrogens (tertiary/aromatic N) is 2. The number of benzene rings is 1. The van der Waals surface area contributed by atoms with Crippen LogP contribution in [0.15, 0.2) is 62.7 Å². The number of carbonyl (C=O) groups is 2. The number of hydrogen-bond acceptors (Lipinski definition) is 6. The van der Waals surface area contributed by atoms with Crippen molar-refractivity contribution >= 4 is 23.3 Å².